The molecule has 0 amide bonds. The summed E-state index contributed by atoms with van der Waals surface area (Å²) in [6, 6.07) is 9.79. The van der Waals surface area contributed by atoms with Crippen molar-refractivity contribution < 1.29 is 9.30 Å². The molecule has 3 rings (SSSR count). The maximum Gasteiger partial charge on any atom is 0.145 e. The first-order valence-corrected chi connectivity index (χ1v) is 6.93. The van der Waals surface area contributed by atoms with Crippen LogP contribution in [0.5, 0.6) is 0 Å². The maximum atomic E-state index is 12.7. The molecule has 2 heterocycles. The average molecular weight is 208 g/mol. The van der Waals surface area contributed by atoms with Crippen LogP contribution in [0.2, 0.25) is 0 Å². The van der Waals surface area contributed by atoms with E-state index in [0.717, 1.165) is 17.9 Å². The van der Waals surface area contributed by atoms with E-state index in [4.69, 9.17) is 4.74 Å². The summed E-state index contributed by atoms with van der Waals surface area (Å²) in [7, 11) is -2.23. The van der Waals surface area contributed by atoms with Gasteiger partial charge < -0.3 is 9.30 Å². The van der Waals surface area contributed by atoms with Crippen molar-refractivity contribution in [1.29, 1.82) is 0 Å². The zero-order valence-electron chi connectivity index (χ0n) is 8.14. The van der Waals surface area contributed by atoms with Crippen molar-refractivity contribution in [2.45, 2.75) is 24.8 Å². The molecule has 2 saturated heterocycles. The molecule has 0 bridgehead atoms. The standard InChI is InChI=1S/C11H13O2P/c1-11-7-8-14(12,10(11)13-11)9-5-3-2-4-6-9/h2-6,10H,7-8H2,1H3/t10-,11+,14+/m0/s1. The zero-order valence-corrected chi connectivity index (χ0v) is 9.04. The molecule has 3 atom stereocenters. The summed E-state index contributed by atoms with van der Waals surface area (Å²) in [6.07, 6.45) is 1.77. The van der Waals surface area contributed by atoms with Gasteiger partial charge in [-0.2, -0.15) is 0 Å². The third-order valence-corrected chi connectivity index (χ3v) is 6.83. The van der Waals surface area contributed by atoms with Crippen LogP contribution in [0.15, 0.2) is 30.3 Å². The minimum Gasteiger partial charge on any atom is -0.358 e. The molecule has 2 nitrogen and oxygen atoms in total. The molecule has 0 radical (unpaired) electrons. The van der Waals surface area contributed by atoms with Crippen molar-refractivity contribution in [3.05, 3.63) is 30.3 Å². The topological polar surface area (TPSA) is 29.6 Å². The zero-order chi connectivity index (χ0) is 9.81. The summed E-state index contributed by atoms with van der Waals surface area (Å²) in [5.74, 6) is 0.0115. The molecule has 3 heteroatoms. The molecule has 0 spiro atoms. The SMILES string of the molecule is C[C@@]12CC[P@@](=O)(c3ccccc3)[C@@H]1O2. The quantitative estimate of drug-likeness (QED) is 0.523. The highest BCUT2D eigenvalue weighted by atomic mass is 31.2. The van der Waals surface area contributed by atoms with Crippen LogP contribution >= 0.6 is 7.14 Å². The van der Waals surface area contributed by atoms with Crippen LogP contribution in [-0.4, -0.2) is 17.6 Å². The summed E-state index contributed by atoms with van der Waals surface area (Å²) in [6.45, 7) is 2.07. The highest BCUT2D eigenvalue weighted by molar-refractivity contribution is 7.72. The predicted molar refractivity (Wildman–Crippen MR) is 56.4 cm³/mol. The van der Waals surface area contributed by atoms with Gasteiger partial charge in [0.2, 0.25) is 0 Å². The lowest BCUT2D eigenvalue weighted by molar-refractivity contribution is 0.305. The molecule has 0 saturated carbocycles. The molecule has 1 aromatic carbocycles. The fraction of sp³-hybridized carbons (Fsp3) is 0.455. The summed E-state index contributed by atoms with van der Waals surface area (Å²) < 4.78 is 18.2. The summed E-state index contributed by atoms with van der Waals surface area (Å²) in [5, 5.41) is 0.992. The maximum absolute atomic E-state index is 12.7. The van der Waals surface area contributed by atoms with Crippen molar-refractivity contribution >= 4 is 12.4 Å². The lowest BCUT2D eigenvalue weighted by Gasteiger charge is -2.11. The molecule has 14 heavy (non-hydrogen) atoms. The van der Waals surface area contributed by atoms with Crippen molar-refractivity contribution in [3.8, 4) is 0 Å². The van der Waals surface area contributed by atoms with Gasteiger partial charge in [-0.3, -0.25) is 0 Å². The van der Waals surface area contributed by atoms with E-state index in [1.165, 1.54) is 0 Å². The van der Waals surface area contributed by atoms with Crippen LogP contribution in [0.1, 0.15) is 13.3 Å². The second kappa shape index (κ2) is 2.50. The van der Waals surface area contributed by atoms with Gasteiger partial charge in [0.1, 0.15) is 18.6 Å². The van der Waals surface area contributed by atoms with E-state index in [2.05, 4.69) is 6.92 Å². The normalized spacial score (nSPS) is 44.8. The van der Waals surface area contributed by atoms with Gasteiger partial charge in [0.15, 0.2) is 0 Å². The molecule has 74 valence electrons. The fourth-order valence-corrected chi connectivity index (χ4v) is 6.02. The molecular formula is C11H13O2P. The minimum absolute atomic E-state index is 0.0115. The van der Waals surface area contributed by atoms with Gasteiger partial charge in [0, 0.05) is 11.5 Å². The Morgan fingerprint density at radius 3 is 2.64 bits per heavy atom. The molecule has 2 aliphatic rings. The minimum atomic E-state index is -2.23. The number of hydrogen-bond donors (Lipinski definition) is 0. The molecular weight excluding hydrogens is 195 g/mol. The summed E-state index contributed by atoms with van der Waals surface area (Å²) >= 11 is 0. The number of fused-ring (bicyclic) bond motifs is 1. The van der Waals surface area contributed by atoms with Gasteiger partial charge in [-0.25, -0.2) is 0 Å². The lowest BCUT2D eigenvalue weighted by Crippen LogP contribution is -2.08. The smallest absolute Gasteiger partial charge is 0.145 e. The lowest BCUT2D eigenvalue weighted by atomic mass is 10.1. The highest BCUT2D eigenvalue weighted by Gasteiger charge is 2.67. The van der Waals surface area contributed by atoms with Crippen LogP contribution in [0.4, 0.5) is 0 Å². The fourth-order valence-electron chi connectivity index (χ4n) is 2.38. The molecule has 1 aromatic rings. The Balaban J connectivity index is 2.04. The second-order valence-electron chi connectivity index (χ2n) is 4.39. The molecule has 2 aliphatic heterocycles. The van der Waals surface area contributed by atoms with Crippen LogP contribution < -0.4 is 5.30 Å². The molecule has 0 aromatic heterocycles. The van der Waals surface area contributed by atoms with Crippen LogP contribution in [0.3, 0.4) is 0 Å². The number of hydrogen-bond acceptors (Lipinski definition) is 2. The van der Waals surface area contributed by atoms with Gasteiger partial charge in [-0.1, -0.05) is 30.3 Å². The Morgan fingerprint density at radius 1 is 1.43 bits per heavy atom. The third kappa shape index (κ3) is 0.986. The van der Waals surface area contributed by atoms with E-state index in [-0.39, 0.29) is 11.4 Å². The average Bonchev–Trinajstić information content (AvgIpc) is 2.84. The van der Waals surface area contributed by atoms with Gasteiger partial charge >= 0.3 is 0 Å². The predicted octanol–water partition coefficient (Wildman–Crippen LogP) is 2.19. The van der Waals surface area contributed by atoms with Crippen molar-refractivity contribution in [2.75, 3.05) is 6.16 Å². The van der Waals surface area contributed by atoms with Crippen LogP contribution in [0.25, 0.3) is 0 Å². The largest absolute Gasteiger partial charge is 0.358 e. The number of epoxide rings is 1. The number of rotatable bonds is 1. The molecule has 0 unspecified atom stereocenters. The highest BCUT2D eigenvalue weighted by Crippen LogP contribution is 2.71. The van der Waals surface area contributed by atoms with Gasteiger partial charge in [0.05, 0.1) is 0 Å². The van der Waals surface area contributed by atoms with Gasteiger partial charge in [0.25, 0.3) is 0 Å². The van der Waals surface area contributed by atoms with Crippen molar-refractivity contribution in [2.24, 2.45) is 0 Å². The van der Waals surface area contributed by atoms with E-state index >= 15 is 0 Å². The number of ether oxygens (including phenoxy) is 1. The van der Waals surface area contributed by atoms with E-state index in [0.29, 0.717) is 0 Å². The first-order chi connectivity index (χ1) is 6.65. The Hall–Kier alpha value is -0.590. The Bertz CT molecular complexity index is 415. The van der Waals surface area contributed by atoms with Gasteiger partial charge in [-0.15, -0.1) is 0 Å². The second-order valence-corrected chi connectivity index (χ2v) is 7.41. The molecule has 0 N–H and O–H groups in total. The van der Waals surface area contributed by atoms with Crippen molar-refractivity contribution in [1.82, 2.24) is 0 Å². The number of benzene rings is 1. The third-order valence-electron chi connectivity index (χ3n) is 3.36. The summed E-state index contributed by atoms with van der Waals surface area (Å²) in [4.78, 5) is 0. The van der Waals surface area contributed by atoms with Crippen molar-refractivity contribution in [3.63, 3.8) is 0 Å². The van der Waals surface area contributed by atoms with Crippen LogP contribution in [0, 0.1) is 0 Å². The Labute approximate surface area is 83.6 Å². The van der Waals surface area contributed by atoms with E-state index in [9.17, 15) is 4.57 Å². The van der Waals surface area contributed by atoms with E-state index < -0.39 is 7.14 Å². The van der Waals surface area contributed by atoms with Crippen LogP contribution in [-0.2, 0) is 9.30 Å². The van der Waals surface area contributed by atoms with Gasteiger partial charge in [-0.05, 0) is 13.3 Å². The first-order valence-electron chi connectivity index (χ1n) is 4.97. The Morgan fingerprint density at radius 2 is 2.14 bits per heavy atom. The summed E-state index contributed by atoms with van der Waals surface area (Å²) in [5.41, 5.74) is -0.0641. The van der Waals surface area contributed by atoms with E-state index in [1.807, 2.05) is 30.3 Å². The first kappa shape index (κ1) is 8.70. The Kier molecular flexibility index (Phi) is 1.55. The monoisotopic (exact) mass is 208 g/mol. The molecule has 2 fully saturated rings. The molecule has 0 aliphatic carbocycles. The van der Waals surface area contributed by atoms with E-state index in [1.54, 1.807) is 0 Å².